The first-order valence-corrected chi connectivity index (χ1v) is 8.29. The molecule has 2 aromatic heterocycles. The van der Waals surface area contributed by atoms with Crippen LogP contribution in [0.2, 0.25) is 0 Å². The van der Waals surface area contributed by atoms with Gasteiger partial charge in [-0.3, -0.25) is 4.98 Å². The van der Waals surface area contributed by atoms with Crippen LogP contribution in [0.3, 0.4) is 0 Å². The SMILES string of the molecule is Cn1c(-c2ccc(Br)cc2)cs/c1=N\N=C/c1cccnc1. The van der Waals surface area contributed by atoms with E-state index in [0.29, 0.717) is 0 Å². The number of rotatable bonds is 3. The highest BCUT2D eigenvalue weighted by Crippen LogP contribution is 2.21. The monoisotopic (exact) mass is 372 g/mol. The standard InChI is InChI=1S/C16H13BrN4S/c1-21-15(13-4-6-14(17)7-5-13)11-22-16(21)20-19-10-12-3-2-8-18-9-12/h2-11H,1H3/b19-10-,20-16-. The van der Waals surface area contributed by atoms with Gasteiger partial charge in [0.2, 0.25) is 4.80 Å². The molecule has 0 spiro atoms. The summed E-state index contributed by atoms with van der Waals surface area (Å²) < 4.78 is 3.11. The zero-order valence-electron chi connectivity index (χ0n) is 11.8. The third-order valence-corrected chi connectivity index (χ3v) is 4.53. The highest BCUT2D eigenvalue weighted by Gasteiger charge is 2.04. The van der Waals surface area contributed by atoms with Gasteiger partial charge in [-0.15, -0.1) is 16.4 Å². The molecule has 0 atom stereocenters. The van der Waals surface area contributed by atoms with E-state index in [1.54, 1.807) is 29.9 Å². The number of thiazole rings is 1. The van der Waals surface area contributed by atoms with Crippen LogP contribution in [0.15, 0.2) is 68.8 Å². The van der Waals surface area contributed by atoms with Crippen molar-refractivity contribution in [1.82, 2.24) is 9.55 Å². The Labute approximate surface area is 140 Å². The Morgan fingerprint density at radius 3 is 2.77 bits per heavy atom. The van der Waals surface area contributed by atoms with E-state index in [1.807, 2.05) is 35.9 Å². The molecule has 4 nitrogen and oxygen atoms in total. The smallest absolute Gasteiger partial charge is 0.210 e. The number of nitrogens with zero attached hydrogens (tertiary/aromatic N) is 4. The number of benzene rings is 1. The number of hydrogen-bond donors (Lipinski definition) is 0. The molecule has 0 fully saturated rings. The van der Waals surface area contributed by atoms with E-state index in [1.165, 1.54) is 0 Å². The molecule has 110 valence electrons. The fourth-order valence-electron chi connectivity index (χ4n) is 1.94. The van der Waals surface area contributed by atoms with Gasteiger partial charge >= 0.3 is 0 Å². The normalized spacial score (nSPS) is 12.2. The Kier molecular flexibility index (Phi) is 4.60. The minimum Gasteiger partial charge on any atom is -0.318 e. The molecule has 0 saturated heterocycles. The van der Waals surface area contributed by atoms with Gasteiger partial charge in [0.15, 0.2) is 0 Å². The predicted molar refractivity (Wildman–Crippen MR) is 93.8 cm³/mol. The van der Waals surface area contributed by atoms with Crippen LogP contribution in [-0.2, 0) is 7.05 Å². The van der Waals surface area contributed by atoms with E-state index < -0.39 is 0 Å². The van der Waals surface area contributed by atoms with Crippen LogP contribution in [0.4, 0.5) is 0 Å². The molecule has 0 radical (unpaired) electrons. The molecule has 0 unspecified atom stereocenters. The summed E-state index contributed by atoms with van der Waals surface area (Å²) >= 11 is 5.02. The van der Waals surface area contributed by atoms with Gasteiger partial charge in [0.25, 0.3) is 0 Å². The Morgan fingerprint density at radius 1 is 1.23 bits per heavy atom. The topological polar surface area (TPSA) is 42.5 Å². The van der Waals surface area contributed by atoms with Crippen LogP contribution in [0.25, 0.3) is 11.3 Å². The molecule has 0 aliphatic heterocycles. The molecular weight excluding hydrogens is 360 g/mol. The van der Waals surface area contributed by atoms with Crippen molar-refractivity contribution in [2.75, 3.05) is 0 Å². The molecule has 0 aliphatic rings. The van der Waals surface area contributed by atoms with E-state index in [2.05, 4.69) is 48.6 Å². The summed E-state index contributed by atoms with van der Waals surface area (Å²) in [5, 5.41) is 10.5. The van der Waals surface area contributed by atoms with Crippen molar-refractivity contribution >= 4 is 33.5 Å². The molecule has 3 rings (SSSR count). The summed E-state index contributed by atoms with van der Waals surface area (Å²) in [5.41, 5.74) is 3.20. The number of halogens is 1. The van der Waals surface area contributed by atoms with E-state index in [4.69, 9.17) is 0 Å². The number of aromatic nitrogens is 2. The van der Waals surface area contributed by atoms with Crippen molar-refractivity contribution in [2.24, 2.45) is 17.3 Å². The van der Waals surface area contributed by atoms with Gasteiger partial charge in [-0.25, -0.2) is 0 Å². The second-order valence-corrected chi connectivity index (χ2v) is 6.35. The van der Waals surface area contributed by atoms with Crippen molar-refractivity contribution in [1.29, 1.82) is 0 Å². The summed E-state index contributed by atoms with van der Waals surface area (Å²) in [4.78, 5) is 4.88. The summed E-state index contributed by atoms with van der Waals surface area (Å²) in [6, 6.07) is 12.0. The van der Waals surface area contributed by atoms with Gasteiger partial charge in [0, 0.05) is 34.9 Å². The molecule has 2 heterocycles. The average molecular weight is 373 g/mol. The molecule has 0 aliphatic carbocycles. The van der Waals surface area contributed by atoms with E-state index in [0.717, 1.165) is 26.1 Å². The lowest BCUT2D eigenvalue weighted by molar-refractivity contribution is 0.864. The Hall–Kier alpha value is -2.05. The van der Waals surface area contributed by atoms with E-state index in [-0.39, 0.29) is 0 Å². The van der Waals surface area contributed by atoms with Gasteiger partial charge in [0.1, 0.15) is 0 Å². The summed E-state index contributed by atoms with van der Waals surface area (Å²) in [7, 11) is 1.99. The maximum absolute atomic E-state index is 4.28. The lowest BCUT2D eigenvalue weighted by atomic mass is 10.2. The number of pyridine rings is 1. The maximum Gasteiger partial charge on any atom is 0.210 e. The first kappa shape index (κ1) is 14.9. The maximum atomic E-state index is 4.28. The van der Waals surface area contributed by atoms with Crippen molar-refractivity contribution in [3.8, 4) is 11.3 Å². The molecular formula is C16H13BrN4S. The van der Waals surface area contributed by atoms with Crippen LogP contribution in [0.1, 0.15) is 5.56 Å². The summed E-state index contributed by atoms with van der Waals surface area (Å²) in [6.07, 6.45) is 5.19. The molecule has 1 aromatic carbocycles. The lowest BCUT2D eigenvalue weighted by Gasteiger charge is -2.02. The summed E-state index contributed by atoms with van der Waals surface area (Å²) in [6.45, 7) is 0. The fourth-order valence-corrected chi connectivity index (χ4v) is 3.07. The van der Waals surface area contributed by atoms with Gasteiger partial charge in [-0.1, -0.05) is 34.1 Å². The van der Waals surface area contributed by atoms with E-state index in [9.17, 15) is 0 Å². The second-order valence-electron chi connectivity index (χ2n) is 4.60. The van der Waals surface area contributed by atoms with Crippen LogP contribution >= 0.6 is 27.3 Å². The third-order valence-electron chi connectivity index (χ3n) is 3.10. The predicted octanol–water partition coefficient (Wildman–Crippen LogP) is 3.85. The molecule has 0 bridgehead atoms. The fraction of sp³-hybridized carbons (Fsp3) is 0.0625. The molecule has 6 heteroatoms. The largest absolute Gasteiger partial charge is 0.318 e. The molecule has 3 aromatic rings. The molecule has 22 heavy (non-hydrogen) atoms. The van der Waals surface area contributed by atoms with Crippen molar-refractivity contribution in [3.05, 3.63) is 69.0 Å². The third kappa shape index (κ3) is 3.40. The van der Waals surface area contributed by atoms with Crippen LogP contribution < -0.4 is 4.80 Å². The van der Waals surface area contributed by atoms with Gasteiger partial charge in [-0.2, -0.15) is 5.10 Å². The minimum absolute atomic E-state index is 0.845. The Morgan fingerprint density at radius 2 is 2.05 bits per heavy atom. The zero-order chi connectivity index (χ0) is 15.4. The first-order chi connectivity index (χ1) is 10.7. The Balaban J connectivity index is 1.88. The highest BCUT2D eigenvalue weighted by atomic mass is 79.9. The summed E-state index contributed by atoms with van der Waals surface area (Å²) in [5.74, 6) is 0. The van der Waals surface area contributed by atoms with Crippen LogP contribution in [0, 0.1) is 0 Å². The average Bonchev–Trinajstić information content (AvgIpc) is 2.90. The van der Waals surface area contributed by atoms with Crippen molar-refractivity contribution in [2.45, 2.75) is 0 Å². The lowest BCUT2D eigenvalue weighted by Crippen LogP contribution is -2.10. The highest BCUT2D eigenvalue weighted by molar-refractivity contribution is 9.10. The van der Waals surface area contributed by atoms with Gasteiger partial charge in [-0.05, 0) is 23.8 Å². The van der Waals surface area contributed by atoms with Crippen LogP contribution in [-0.4, -0.2) is 15.8 Å². The molecule has 0 saturated carbocycles. The molecule has 0 amide bonds. The Bertz CT molecular complexity index is 848. The molecule has 0 N–H and O–H groups in total. The van der Waals surface area contributed by atoms with Crippen molar-refractivity contribution < 1.29 is 0 Å². The van der Waals surface area contributed by atoms with Gasteiger partial charge in [0.05, 0.1) is 11.9 Å². The van der Waals surface area contributed by atoms with Gasteiger partial charge < -0.3 is 4.57 Å². The van der Waals surface area contributed by atoms with E-state index >= 15 is 0 Å². The first-order valence-electron chi connectivity index (χ1n) is 6.61. The second kappa shape index (κ2) is 6.81. The zero-order valence-corrected chi connectivity index (χ0v) is 14.3. The minimum atomic E-state index is 0.845. The quantitative estimate of drug-likeness (QED) is 0.508. The van der Waals surface area contributed by atoms with Crippen LogP contribution in [0.5, 0.6) is 0 Å². The van der Waals surface area contributed by atoms with Crippen molar-refractivity contribution in [3.63, 3.8) is 0 Å². The number of hydrogen-bond acceptors (Lipinski definition) is 4.